The van der Waals surface area contributed by atoms with E-state index in [1.165, 1.54) is 0 Å². The largest absolute Gasteiger partial charge is 0.496 e. The lowest BCUT2D eigenvalue weighted by Crippen LogP contribution is -2.05. The second-order valence-corrected chi connectivity index (χ2v) is 6.70. The Morgan fingerprint density at radius 2 is 1.85 bits per heavy atom. The molecule has 3 aromatic carbocycles. The third-order valence-electron chi connectivity index (χ3n) is 4.10. The SMILES string of the molecule is COc1ccc(Br)cc1/C=C1\N=C(c2ccc3ccccc3c2)OC1=O. The summed E-state index contributed by atoms with van der Waals surface area (Å²) in [5, 5.41) is 2.19. The lowest BCUT2D eigenvalue weighted by atomic mass is 10.1. The van der Waals surface area contributed by atoms with Gasteiger partial charge in [-0.3, -0.25) is 0 Å². The van der Waals surface area contributed by atoms with Crippen molar-refractivity contribution in [2.45, 2.75) is 0 Å². The summed E-state index contributed by atoms with van der Waals surface area (Å²) in [4.78, 5) is 16.6. The van der Waals surface area contributed by atoms with Crippen molar-refractivity contribution in [3.8, 4) is 5.75 Å². The van der Waals surface area contributed by atoms with E-state index in [1.54, 1.807) is 13.2 Å². The molecule has 0 atom stereocenters. The van der Waals surface area contributed by atoms with Crippen LogP contribution in [0.5, 0.6) is 5.75 Å². The zero-order valence-electron chi connectivity index (χ0n) is 13.9. The first-order valence-corrected chi connectivity index (χ1v) is 8.78. The summed E-state index contributed by atoms with van der Waals surface area (Å²) < 4.78 is 11.6. The zero-order valence-corrected chi connectivity index (χ0v) is 15.5. The molecule has 0 aromatic heterocycles. The fourth-order valence-electron chi connectivity index (χ4n) is 2.82. The highest BCUT2D eigenvalue weighted by Gasteiger charge is 2.24. The summed E-state index contributed by atoms with van der Waals surface area (Å²) in [6, 6.07) is 19.4. The molecule has 0 fully saturated rings. The van der Waals surface area contributed by atoms with E-state index in [0.29, 0.717) is 11.6 Å². The van der Waals surface area contributed by atoms with Gasteiger partial charge in [-0.1, -0.05) is 46.3 Å². The van der Waals surface area contributed by atoms with E-state index in [2.05, 4.69) is 20.9 Å². The summed E-state index contributed by atoms with van der Waals surface area (Å²) in [5.74, 6) is 0.485. The molecular weight excluding hydrogens is 394 g/mol. The summed E-state index contributed by atoms with van der Waals surface area (Å²) in [6.07, 6.45) is 1.67. The van der Waals surface area contributed by atoms with Gasteiger partial charge in [-0.2, -0.15) is 0 Å². The minimum Gasteiger partial charge on any atom is -0.496 e. The first-order chi connectivity index (χ1) is 12.6. The molecule has 4 rings (SSSR count). The highest BCUT2D eigenvalue weighted by molar-refractivity contribution is 9.10. The number of cyclic esters (lactones) is 1. The van der Waals surface area contributed by atoms with Crippen molar-refractivity contribution in [1.29, 1.82) is 0 Å². The summed E-state index contributed by atoms with van der Waals surface area (Å²) >= 11 is 3.42. The van der Waals surface area contributed by atoms with Gasteiger partial charge < -0.3 is 9.47 Å². The van der Waals surface area contributed by atoms with Crippen LogP contribution >= 0.6 is 15.9 Å². The van der Waals surface area contributed by atoms with Gasteiger partial charge in [0.25, 0.3) is 0 Å². The van der Waals surface area contributed by atoms with Gasteiger partial charge in [0.1, 0.15) is 5.75 Å². The van der Waals surface area contributed by atoms with Crippen molar-refractivity contribution in [3.63, 3.8) is 0 Å². The zero-order chi connectivity index (χ0) is 18.1. The topological polar surface area (TPSA) is 47.9 Å². The van der Waals surface area contributed by atoms with Gasteiger partial charge in [0.2, 0.25) is 5.90 Å². The normalized spacial score (nSPS) is 15.2. The number of benzene rings is 3. The van der Waals surface area contributed by atoms with E-state index in [0.717, 1.165) is 26.4 Å². The molecule has 0 saturated carbocycles. The Hall–Kier alpha value is -2.92. The van der Waals surface area contributed by atoms with E-state index in [1.807, 2.05) is 60.7 Å². The monoisotopic (exact) mass is 407 g/mol. The molecule has 1 heterocycles. The molecule has 0 unspecified atom stereocenters. The average Bonchev–Trinajstić information content (AvgIpc) is 3.02. The third-order valence-corrected chi connectivity index (χ3v) is 4.59. The van der Waals surface area contributed by atoms with Gasteiger partial charge in [-0.25, -0.2) is 9.79 Å². The van der Waals surface area contributed by atoms with Crippen LogP contribution in [0.3, 0.4) is 0 Å². The molecule has 0 aliphatic carbocycles. The Balaban J connectivity index is 1.74. The van der Waals surface area contributed by atoms with Crippen molar-refractivity contribution < 1.29 is 14.3 Å². The first-order valence-electron chi connectivity index (χ1n) is 7.99. The molecule has 0 spiro atoms. The summed E-state index contributed by atoms with van der Waals surface area (Å²) in [5.41, 5.74) is 1.75. The van der Waals surface area contributed by atoms with Gasteiger partial charge >= 0.3 is 5.97 Å². The van der Waals surface area contributed by atoms with Crippen molar-refractivity contribution in [2.24, 2.45) is 4.99 Å². The Bertz CT molecular complexity index is 1090. The fraction of sp³-hybridized carbons (Fsp3) is 0.0476. The number of hydrogen-bond donors (Lipinski definition) is 0. The van der Waals surface area contributed by atoms with Crippen LogP contribution in [0.25, 0.3) is 16.8 Å². The van der Waals surface area contributed by atoms with Gasteiger partial charge in [-0.15, -0.1) is 0 Å². The minimum atomic E-state index is -0.477. The predicted octanol–water partition coefficient (Wildman–Crippen LogP) is 4.96. The Morgan fingerprint density at radius 3 is 2.65 bits per heavy atom. The standard InChI is InChI=1S/C21H14BrNO3/c1-25-19-9-8-17(22)11-16(19)12-18-21(24)26-20(23-18)15-7-6-13-4-2-3-5-14(13)10-15/h2-12H,1H3/b18-12-. The van der Waals surface area contributed by atoms with Crippen LogP contribution in [0.15, 0.2) is 75.8 Å². The molecule has 0 radical (unpaired) electrons. The quantitative estimate of drug-likeness (QED) is 0.455. The van der Waals surface area contributed by atoms with E-state index in [9.17, 15) is 4.79 Å². The molecule has 0 bridgehead atoms. The number of carbonyl (C=O) groups is 1. The van der Waals surface area contributed by atoms with Crippen LogP contribution in [-0.2, 0) is 9.53 Å². The van der Waals surface area contributed by atoms with Gasteiger partial charge in [0.05, 0.1) is 7.11 Å². The maximum absolute atomic E-state index is 12.3. The molecule has 1 aliphatic rings. The number of ether oxygens (including phenoxy) is 2. The summed E-state index contributed by atoms with van der Waals surface area (Å²) in [7, 11) is 1.59. The molecule has 3 aromatic rings. The van der Waals surface area contributed by atoms with Gasteiger partial charge in [-0.05, 0) is 47.2 Å². The number of aliphatic imine (C=N–C) groups is 1. The van der Waals surface area contributed by atoms with Crippen molar-refractivity contribution in [3.05, 3.63) is 82.0 Å². The van der Waals surface area contributed by atoms with Crippen LogP contribution in [0.2, 0.25) is 0 Å². The molecular formula is C21H14BrNO3. The number of fused-ring (bicyclic) bond motifs is 1. The van der Waals surface area contributed by atoms with Crippen LogP contribution < -0.4 is 4.74 Å². The van der Waals surface area contributed by atoms with E-state index < -0.39 is 5.97 Å². The third kappa shape index (κ3) is 3.13. The Labute approximate surface area is 158 Å². The van der Waals surface area contributed by atoms with Crippen LogP contribution in [-0.4, -0.2) is 19.0 Å². The molecule has 0 amide bonds. The summed E-state index contributed by atoms with van der Waals surface area (Å²) in [6.45, 7) is 0. The maximum Gasteiger partial charge on any atom is 0.363 e. The van der Waals surface area contributed by atoms with Crippen molar-refractivity contribution in [1.82, 2.24) is 0 Å². The lowest BCUT2D eigenvalue weighted by molar-refractivity contribution is -0.129. The second-order valence-electron chi connectivity index (χ2n) is 5.78. The van der Waals surface area contributed by atoms with Crippen LogP contribution in [0.1, 0.15) is 11.1 Å². The molecule has 26 heavy (non-hydrogen) atoms. The van der Waals surface area contributed by atoms with Crippen LogP contribution in [0.4, 0.5) is 0 Å². The number of halogens is 1. The Morgan fingerprint density at radius 1 is 1.04 bits per heavy atom. The van der Waals surface area contributed by atoms with Crippen LogP contribution in [0, 0.1) is 0 Å². The fourth-order valence-corrected chi connectivity index (χ4v) is 3.20. The molecule has 0 saturated heterocycles. The average molecular weight is 408 g/mol. The number of esters is 1. The Kier molecular flexibility index (Phi) is 4.31. The lowest BCUT2D eigenvalue weighted by Gasteiger charge is -2.04. The maximum atomic E-state index is 12.3. The van der Waals surface area contributed by atoms with E-state index in [4.69, 9.17) is 9.47 Å². The molecule has 1 aliphatic heterocycles. The van der Waals surface area contributed by atoms with Gasteiger partial charge in [0, 0.05) is 15.6 Å². The second kappa shape index (κ2) is 6.77. The highest BCUT2D eigenvalue weighted by Crippen LogP contribution is 2.28. The number of methoxy groups -OCH3 is 1. The van der Waals surface area contributed by atoms with Crippen molar-refractivity contribution >= 4 is 44.6 Å². The van der Waals surface area contributed by atoms with Crippen molar-refractivity contribution in [2.75, 3.05) is 7.11 Å². The molecule has 0 N–H and O–H groups in total. The minimum absolute atomic E-state index is 0.240. The molecule has 128 valence electrons. The van der Waals surface area contributed by atoms with E-state index >= 15 is 0 Å². The first kappa shape index (κ1) is 16.5. The predicted molar refractivity (Wildman–Crippen MR) is 105 cm³/mol. The van der Waals surface area contributed by atoms with E-state index in [-0.39, 0.29) is 5.70 Å². The molecule has 4 nitrogen and oxygen atoms in total. The smallest absolute Gasteiger partial charge is 0.363 e. The number of rotatable bonds is 3. The number of nitrogens with zero attached hydrogens (tertiary/aromatic N) is 1. The molecule has 5 heteroatoms. The number of hydrogen-bond acceptors (Lipinski definition) is 4. The highest BCUT2D eigenvalue weighted by atomic mass is 79.9. The number of carbonyl (C=O) groups excluding carboxylic acids is 1. The van der Waals surface area contributed by atoms with Gasteiger partial charge in [0.15, 0.2) is 5.70 Å².